The summed E-state index contributed by atoms with van der Waals surface area (Å²) in [4.78, 5) is 26.6. The molecule has 1 N–H and O–H groups in total. The van der Waals surface area contributed by atoms with E-state index in [-0.39, 0.29) is 18.4 Å². The fourth-order valence-corrected chi connectivity index (χ4v) is 3.07. The molecule has 129 valence electrons. The Morgan fingerprint density at radius 3 is 2.80 bits per heavy atom. The number of fused-ring (bicyclic) bond motifs is 1. The first-order chi connectivity index (χ1) is 12.1. The molecule has 0 aromatic heterocycles. The summed E-state index contributed by atoms with van der Waals surface area (Å²) in [6.07, 6.45) is 0.467. The first-order valence-electron chi connectivity index (χ1n) is 7.92. The number of hydrogen-bond acceptors (Lipinski definition) is 3. The minimum absolute atomic E-state index is 0.0704. The van der Waals surface area contributed by atoms with E-state index in [1.54, 1.807) is 24.3 Å². The van der Waals surface area contributed by atoms with Crippen LogP contribution in [0.25, 0.3) is 0 Å². The molecule has 0 saturated carbocycles. The number of hydrogen-bond donors (Lipinski definition) is 1. The molecule has 1 radical (unpaired) electrons. The first-order valence-corrected chi connectivity index (χ1v) is 8.30. The van der Waals surface area contributed by atoms with Gasteiger partial charge in [0.2, 0.25) is 5.91 Å². The maximum Gasteiger partial charge on any atom is 0.253 e. The Balaban J connectivity index is 1.74. The van der Waals surface area contributed by atoms with E-state index >= 15 is 0 Å². The van der Waals surface area contributed by atoms with Crippen LogP contribution in [0.4, 0.5) is 5.69 Å². The molecule has 1 aliphatic heterocycles. The number of amides is 2. The zero-order valence-corrected chi connectivity index (χ0v) is 14.5. The molecule has 1 atom stereocenters. The van der Waals surface area contributed by atoms with Crippen LogP contribution in [0.2, 0.25) is 5.02 Å². The molecule has 0 spiro atoms. The lowest BCUT2D eigenvalue weighted by Crippen LogP contribution is -2.49. The number of anilines is 1. The molecule has 6 heteroatoms. The van der Waals surface area contributed by atoms with Gasteiger partial charge < -0.3 is 10.1 Å². The van der Waals surface area contributed by atoms with E-state index in [0.717, 1.165) is 16.8 Å². The highest BCUT2D eigenvalue weighted by Gasteiger charge is 2.37. The zero-order chi connectivity index (χ0) is 17.8. The van der Waals surface area contributed by atoms with Crippen LogP contribution in [0.15, 0.2) is 42.5 Å². The summed E-state index contributed by atoms with van der Waals surface area (Å²) >= 11 is 5.87. The van der Waals surface area contributed by atoms with Gasteiger partial charge in [0, 0.05) is 30.8 Å². The lowest BCUT2D eigenvalue weighted by Gasteiger charge is -2.24. The molecule has 0 aliphatic carbocycles. The van der Waals surface area contributed by atoms with Crippen LogP contribution in [0.3, 0.4) is 0 Å². The molecule has 3 rings (SSSR count). The number of rotatable bonds is 5. The standard InChI is InChI=1S/C19H18ClN2O3/c1-25-12-18(23)22-16-5-3-2-4-14(16)10-17(22)19(24)21-11-13-6-8-15(20)9-7-13/h3-9,17H,10-12H2,1H3,(H,21,24). The number of carbonyl (C=O) groups is 2. The molecule has 0 saturated heterocycles. The number of benzene rings is 2. The van der Waals surface area contributed by atoms with Crippen LogP contribution in [0, 0.1) is 6.07 Å². The summed E-state index contributed by atoms with van der Waals surface area (Å²) in [5, 5.41) is 3.54. The quantitative estimate of drug-likeness (QED) is 0.893. The van der Waals surface area contributed by atoms with Gasteiger partial charge in [-0.15, -0.1) is 0 Å². The Labute approximate surface area is 151 Å². The predicted molar refractivity (Wildman–Crippen MR) is 95.4 cm³/mol. The number of methoxy groups -OCH3 is 1. The van der Waals surface area contributed by atoms with Crippen molar-refractivity contribution in [2.24, 2.45) is 0 Å². The van der Waals surface area contributed by atoms with Gasteiger partial charge in [0.15, 0.2) is 0 Å². The van der Waals surface area contributed by atoms with Gasteiger partial charge in [-0.2, -0.15) is 0 Å². The van der Waals surface area contributed by atoms with Gasteiger partial charge in [-0.25, -0.2) is 0 Å². The van der Waals surface area contributed by atoms with Crippen LogP contribution < -0.4 is 10.2 Å². The van der Waals surface area contributed by atoms with Gasteiger partial charge in [-0.3, -0.25) is 14.5 Å². The van der Waals surface area contributed by atoms with E-state index in [1.165, 1.54) is 12.0 Å². The third-order valence-electron chi connectivity index (χ3n) is 4.13. The fraction of sp³-hybridized carbons (Fsp3) is 0.263. The molecule has 1 heterocycles. The largest absolute Gasteiger partial charge is 0.375 e. The summed E-state index contributed by atoms with van der Waals surface area (Å²) in [5.74, 6) is -0.435. The normalized spacial score (nSPS) is 15.8. The minimum Gasteiger partial charge on any atom is -0.375 e. The van der Waals surface area contributed by atoms with Crippen LogP contribution in [-0.4, -0.2) is 31.6 Å². The first kappa shape index (κ1) is 17.5. The average Bonchev–Trinajstić information content (AvgIpc) is 3.01. The SMILES string of the molecule is COCC(=O)N1c2cc[c]cc2CC1C(=O)NCc1ccc(Cl)cc1. The molecule has 0 fully saturated rings. The number of carbonyl (C=O) groups excluding carboxylic acids is 2. The lowest BCUT2D eigenvalue weighted by atomic mass is 10.1. The van der Waals surface area contributed by atoms with Gasteiger partial charge in [0.1, 0.15) is 12.6 Å². The van der Waals surface area contributed by atoms with Crippen molar-refractivity contribution in [3.8, 4) is 0 Å². The number of nitrogens with zero attached hydrogens (tertiary/aromatic N) is 1. The highest BCUT2D eigenvalue weighted by atomic mass is 35.5. The van der Waals surface area contributed by atoms with Crippen molar-refractivity contribution in [2.45, 2.75) is 19.0 Å². The topological polar surface area (TPSA) is 58.6 Å². The number of ether oxygens (including phenoxy) is 1. The van der Waals surface area contributed by atoms with E-state index in [4.69, 9.17) is 16.3 Å². The van der Waals surface area contributed by atoms with Gasteiger partial charge in [-0.05, 0) is 41.5 Å². The van der Waals surface area contributed by atoms with E-state index in [1.807, 2.05) is 18.2 Å². The highest BCUT2D eigenvalue weighted by Crippen LogP contribution is 2.32. The second-order valence-corrected chi connectivity index (χ2v) is 6.25. The summed E-state index contributed by atoms with van der Waals surface area (Å²) < 4.78 is 4.96. The summed E-state index contributed by atoms with van der Waals surface area (Å²) in [6, 6.07) is 15.0. The highest BCUT2D eigenvalue weighted by molar-refractivity contribution is 6.30. The summed E-state index contributed by atoms with van der Waals surface area (Å²) in [5.41, 5.74) is 2.61. The maximum atomic E-state index is 12.7. The Hall–Kier alpha value is -2.37. The molecule has 0 bridgehead atoms. The van der Waals surface area contributed by atoms with Crippen molar-refractivity contribution in [3.05, 3.63) is 64.7 Å². The lowest BCUT2D eigenvalue weighted by molar-refractivity contribution is -0.127. The average molecular weight is 358 g/mol. The van der Waals surface area contributed by atoms with Crippen molar-refractivity contribution in [1.82, 2.24) is 5.32 Å². The smallest absolute Gasteiger partial charge is 0.253 e. The van der Waals surface area contributed by atoms with E-state index in [0.29, 0.717) is 18.0 Å². The third-order valence-corrected chi connectivity index (χ3v) is 4.38. The van der Waals surface area contributed by atoms with E-state index < -0.39 is 6.04 Å². The number of halogens is 1. The summed E-state index contributed by atoms with van der Waals surface area (Å²) in [7, 11) is 1.46. The Kier molecular flexibility index (Phi) is 5.36. The molecule has 1 unspecified atom stereocenters. The van der Waals surface area contributed by atoms with Gasteiger partial charge in [0.05, 0.1) is 0 Å². The van der Waals surface area contributed by atoms with Gasteiger partial charge in [0.25, 0.3) is 5.91 Å². The Morgan fingerprint density at radius 1 is 1.32 bits per heavy atom. The predicted octanol–water partition coefficient (Wildman–Crippen LogP) is 2.36. The second kappa shape index (κ2) is 7.68. The van der Waals surface area contributed by atoms with Crippen molar-refractivity contribution in [2.75, 3.05) is 18.6 Å². The molecule has 2 aromatic carbocycles. The van der Waals surface area contributed by atoms with Crippen molar-refractivity contribution < 1.29 is 14.3 Å². The maximum absolute atomic E-state index is 12.7. The molecular weight excluding hydrogens is 340 g/mol. The molecule has 2 aromatic rings. The second-order valence-electron chi connectivity index (χ2n) is 5.82. The van der Waals surface area contributed by atoms with E-state index in [9.17, 15) is 9.59 Å². The van der Waals surface area contributed by atoms with E-state index in [2.05, 4.69) is 11.4 Å². The third kappa shape index (κ3) is 3.83. The number of nitrogens with one attached hydrogen (secondary N) is 1. The Morgan fingerprint density at radius 2 is 2.08 bits per heavy atom. The van der Waals surface area contributed by atoms with Crippen LogP contribution in [0.1, 0.15) is 11.1 Å². The van der Waals surface area contributed by atoms with Gasteiger partial charge >= 0.3 is 0 Å². The van der Waals surface area contributed by atoms with Crippen molar-refractivity contribution in [3.63, 3.8) is 0 Å². The molecular formula is C19H18ClN2O3. The van der Waals surface area contributed by atoms with Crippen LogP contribution in [0.5, 0.6) is 0 Å². The van der Waals surface area contributed by atoms with Crippen LogP contribution >= 0.6 is 11.6 Å². The zero-order valence-electron chi connectivity index (χ0n) is 13.8. The molecule has 2 amide bonds. The van der Waals surface area contributed by atoms with Crippen LogP contribution in [-0.2, 0) is 27.3 Å². The van der Waals surface area contributed by atoms with Crippen molar-refractivity contribution >= 4 is 29.1 Å². The summed E-state index contributed by atoms with van der Waals surface area (Å²) in [6.45, 7) is 0.306. The minimum atomic E-state index is -0.583. The molecule has 5 nitrogen and oxygen atoms in total. The van der Waals surface area contributed by atoms with Gasteiger partial charge in [-0.1, -0.05) is 29.8 Å². The molecule has 1 aliphatic rings. The fourth-order valence-electron chi connectivity index (χ4n) is 2.94. The van der Waals surface area contributed by atoms with Crippen molar-refractivity contribution in [1.29, 1.82) is 0 Å². The monoisotopic (exact) mass is 357 g/mol. The molecule has 25 heavy (non-hydrogen) atoms. The Bertz CT molecular complexity index is 776.